The van der Waals surface area contributed by atoms with E-state index >= 15 is 0 Å². The molecule has 0 saturated carbocycles. The molecule has 1 unspecified atom stereocenters. The van der Waals surface area contributed by atoms with Crippen LogP contribution in [0.15, 0.2) is 30.7 Å². The second-order valence-corrected chi connectivity index (χ2v) is 5.07. The fourth-order valence-corrected chi connectivity index (χ4v) is 2.36. The maximum absolute atomic E-state index is 14.5. The molecule has 21 heavy (non-hydrogen) atoms. The molecule has 2 aromatic heterocycles. The molecule has 0 aliphatic heterocycles. The summed E-state index contributed by atoms with van der Waals surface area (Å²) in [5.74, 6) is -1.32. The largest absolute Gasteiger partial charge is 0.324 e. The summed E-state index contributed by atoms with van der Waals surface area (Å²) in [6.45, 7) is 1.55. The van der Waals surface area contributed by atoms with Gasteiger partial charge in [0, 0.05) is 53.6 Å². The Morgan fingerprint density at radius 3 is 2.57 bits per heavy atom. The summed E-state index contributed by atoms with van der Waals surface area (Å²) in [7, 11) is 1.79. The van der Waals surface area contributed by atoms with Crippen LogP contribution in [0.25, 0.3) is 22.0 Å². The molecule has 0 saturated heterocycles. The molecule has 3 aromatic rings. The number of rotatable bonds is 2. The Balaban J connectivity index is 2.25. The third kappa shape index (κ3) is 2.27. The topological polar surface area (TPSA) is 56.7 Å². The van der Waals surface area contributed by atoms with Crippen molar-refractivity contribution in [2.45, 2.75) is 13.0 Å². The molecule has 0 bridgehead atoms. The number of hydrogen-bond donors (Lipinski definition) is 1. The maximum atomic E-state index is 14.5. The first-order valence-corrected chi connectivity index (χ1v) is 6.49. The van der Waals surface area contributed by atoms with E-state index in [1.54, 1.807) is 43.3 Å². The Hall–Kier alpha value is -2.34. The van der Waals surface area contributed by atoms with Gasteiger partial charge in [-0.2, -0.15) is 5.10 Å². The first-order chi connectivity index (χ1) is 9.97. The summed E-state index contributed by atoms with van der Waals surface area (Å²) < 4.78 is 30.0. The number of hydrogen-bond acceptors (Lipinski definition) is 3. The molecule has 108 valence electrons. The predicted molar refractivity (Wildman–Crippen MR) is 76.5 cm³/mol. The Kier molecular flexibility index (Phi) is 3.17. The molecular weight excluding hydrogens is 274 g/mol. The molecule has 0 radical (unpaired) electrons. The predicted octanol–water partition coefficient (Wildman–Crippen LogP) is 2.93. The highest BCUT2D eigenvalue weighted by Gasteiger charge is 2.18. The molecule has 3 rings (SSSR count). The molecule has 1 atom stereocenters. The van der Waals surface area contributed by atoms with Crippen LogP contribution in [-0.4, -0.2) is 14.8 Å². The lowest BCUT2D eigenvalue weighted by Gasteiger charge is -2.11. The minimum absolute atomic E-state index is 0.118. The second-order valence-electron chi connectivity index (χ2n) is 5.07. The van der Waals surface area contributed by atoms with Crippen LogP contribution < -0.4 is 5.73 Å². The van der Waals surface area contributed by atoms with Crippen molar-refractivity contribution in [2.75, 3.05) is 0 Å². The van der Waals surface area contributed by atoms with Crippen molar-refractivity contribution in [3.63, 3.8) is 0 Å². The number of pyridine rings is 1. The average Bonchev–Trinajstić information content (AvgIpc) is 2.84. The first-order valence-electron chi connectivity index (χ1n) is 6.49. The fourth-order valence-electron chi connectivity index (χ4n) is 2.36. The molecule has 4 nitrogen and oxygen atoms in total. The fraction of sp³-hybridized carbons (Fsp3) is 0.200. The molecule has 0 amide bonds. The van der Waals surface area contributed by atoms with Gasteiger partial charge in [0.05, 0.1) is 11.7 Å². The van der Waals surface area contributed by atoms with Crippen molar-refractivity contribution < 1.29 is 8.78 Å². The SMILES string of the molecule is CC(N)c1c(F)cc2ncc(-c3cnn(C)c3)cc2c1F. The van der Waals surface area contributed by atoms with Crippen LogP contribution >= 0.6 is 0 Å². The van der Waals surface area contributed by atoms with Crippen molar-refractivity contribution in [3.8, 4) is 11.1 Å². The molecule has 0 aliphatic rings. The van der Waals surface area contributed by atoms with E-state index in [1.807, 2.05) is 0 Å². The minimum Gasteiger partial charge on any atom is -0.324 e. The van der Waals surface area contributed by atoms with Crippen LogP contribution in [0.4, 0.5) is 8.78 Å². The van der Waals surface area contributed by atoms with Crippen molar-refractivity contribution in [1.82, 2.24) is 14.8 Å². The summed E-state index contributed by atoms with van der Waals surface area (Å²) in [5, 5.41) is 4.33. The Morgan fingerprint density at radius 1 is 1.19 bits per heavy atom. The number of fused-ring (bicyclic) bond motifs is 1. The zero-order chi connectivity index (χ0) is 15.1. The lowest BCUT2D eigenvalue weighted by atomic mass is 10.0. The van der Waals surface area contributed by atoms with E-state index in [9.17, 15) is 8.78 Å². The van der Waals surface area contributed by atoms with Gasteiger partial charge in [0.15, 0.2) is 0 Å². The highest BCUT2D eigenvalue weighted by Crippen LogP contribution is 2.29. The molecule has 2 heterocycles. The van der Waals surface area contributed by atoms with Crippen molar-refractivity contribution >= 4 is 10.9 Å². The van der Waals surface area contributed by atoms with E-state index in [4.69, 9.17) is 5.73 Å². The third-order valence-corrected chi connectivity index (χ3v) is 3.41. The number of aromatic nitrogens is 3. The van der Waals surface area contributed by atoms with E-state index in [2.05, 4.69) is 10.1 Å². The minimum atomic E-state index is -0.726. The van der Waals surface area contributed by atoms with E-state index in [0.29, 0.717) is 0 Å². The average molecular weight is 288 g/mol. The number of nitrogens with two attached hydrogens (primary N) is 1. The quantitative estimate of drug-likeness (QED) is 0.788. The van der Waals surface area contributed by atoms with Crippen molar-refractivity contribution in [3.05, 3.63) is 47.9 Å². The summed E-state index contributed by atoms with van der Waals surface area (Å²) >= 11 is 0. The summed E-state index contributed by atoms with van der Waals surface area (Å²) in [5.41, 5.74) is 7.33. The van der Waals surface area contributed by atoms with Gasteiger partial charge in [-0.25, -0.2) is 8.78 Å². The number of nitrogens with zero attached hydrogens (tertiary/aromatic N) is 3. The zero-order valence-corrected chi connectivity index (χ0v) is 11.6. The summed E-state index contributed by atoms with van der Waals surface area (Å²) in [6, 6.07) is 2.13. The van der Waals surface area contributed by atoms with Crippen LogP contribution in [0.2, 0.25) is 0 Å². The van der Waals surface area contributed by atoms with E-state index in [1.165, 1.54) is 6.07 Å². The molecule has 0 aliphatic carbocycles. The van der Waals surface area contributed by atoms with Crippen LogP contribution in [0.1, 0.15) is 18.5 Å². The van der Waals surface area contributed by atoms with Gasteiger partial charge in [-0.15, -0.1) is 0 Å². The van der Waals surface area contributed by atoms with Gasteiger partial charge in [-0.1, -0.05) is 0 Å². The highest BCUT2D eigenvalue weighted by molar-refractivity contribution is 5.84. The standard InChI is InChI=1S/C15H14F2N4/c1-8(18)14-12(16)4-13-11(15(14)17)3-9(5-19-13)10-6-20-21(2)7-10/h3-8H,18H2,1-2H3. The van der Waals surface area contributed by atoms with Crippen molar-refractivity contribution in [1.29, 1.82) is 0 Å². The molecule has 2 N–H and O–H groups in total. The third-order valence-electron chi connectivity index (χ3n) is 3.41. The Morgan fingerprint density at radius 2 is 1.95 bits per heavy atom. The number of halogens is 2. The first kappa shape index (κ1) is 13.6. The Labute approximate surface area is 120 Å². The lowest BCUT2D eigenvalue weighted by Crippen LogP contribution is -2.10. The second kappa shape index (κ2) is 4.89. The van der Waals surface area contributed by atoms with Gasteiger partial charge in [-0.05, 0) is 13.0 Å². The van der Waals surface area contributed by atoms with E-state index in [-0.39, 0.29) is 16.5 Å². The van der Waals surface area contributed by atoms with Crippen molar-refractivity contribution in [2.24, 2.45) is 12.8 Å². The van der Waals surface area contributed by atoms with E-state index in [0.717, 1.165) is 11.1 Å². The molecule has 0 fully saturated rings. The molecular formula is C15H14F2N4. The van der Waals surface area contributed by atoms with Gasteiger partial charge in [0.1, 0.15) is 11.6 Å². The number of aryl methyl sites for hydroxylation is 1. The summed E-state index contributed by atoms with van der Waals surface area (Å²) in [4.78, 5) is 4.13. The van der Waals surface area contributed by atoms with Crippen LogP contribution in [0.3, 0.4) is 0 Å². The monoisotopic (exact) mass is 288 g/mol. The maximum Gasteiger partial charge on any atom is 0.140 e. The van der Waals surface area contributed by atoms with Gasteiger partial charge < -0.3 is 5.73 Å². The lowest BCUT2D eigenvalue weighted by molar-refractivity contribution is 0.544. The van der Waals surface area contributed by atoms with Gasteiger partial charge in [0.25, 0.3) is 0 Å². The molecule has 1 aromatic carbocycles. The highest BCUT2D eigenvalue weighted by atomic mass is 19.1. The molecule has 0 spiro atoms. The smallest absolute Gasteiger partial charge is 0.140 e. The van der Waals surface area contributed by atoms with Crippen LogP contribution in [0, 0.1) is 11.6 Å². The van der Waals surface area contributed by atoms with Crippen LogP contribution in [0.5, 0.6) is 0 Å². The Bertz CT molecular complexity index is 824. The van der Waals surface area contributed by atoms with Gasteiger partial charge in [-0.3, -0.25) is 9.67 Å². The van der Waals surface area contributed by atoms with Gasteiger partial charge >= 0.3 is 0 Å². The zero-order valence-electron chi connectivity index (χ0n) is 11.6. The van der Waals surface area contributed by atoms with E-state index < -0.39 is 17.7 Å². The normalized spacial score (nSPS) is 12.8. The van der Waals surface area contributed by atoms with Crippen LogP contribution in [-0.2, 0) is 7.05 Å². The van der Waals surface area contributed by atoms with Gasteiger partial charge in [0.2, 0.25) is 0 Å². The summed E-state index contributed by atoms with van der Waals surface area (Å²) in [6.07, 6.45) is 5.04. The molecule has 6 heteroatoms. The number of benzene rings is 1.